The second-order valence-corrected chi connectivity index (χ2v) is 6.97. The Balaban J connectivity index is 1.81. The predicted octanol–water partition coefficient (Wildman–Crippen LogP) is 2.99. The van der Waals surface area contributed by atoms with E-state index in [2.05, 4.69) is 22.4 Å². The number of nitrogens with one attached hydrogen (secondary N) is 1. The Morgan fingerprint density at radius 1 is 1.36 bits per heavy atom. The quantitative estimate of drug-likeness (QED) is 0.572. The third-order valence-electron chi connectivity index (χ3n) is 2.93. The van der Waals surface area contributed by atoms with Crippen LogP contribution in [0.4, 0.5) is 5.13 Å². The Bertz CT molecular complexity index is 615. The number of carbonyl (C=O) groups excluding carboxylic acids is 1. The van der Waals surface area contributed by atoms with Gasteiger partial charge in [0.05, 0.1) is 5.56 Å². The maximum absolute atomic E-state index is 12.3. The van der Waals surface area contributed by atoms with Crippen molar-refractivity contribution in [3.8, 4) is 0 Å². The molecule has 0 bridgehead atoms. The number of amides is 1. The predicted molar refractivity (Wildman–Crippen MR) is 92.4 cm³/mol. The van der Waals surface area contributed by atoms with E-state index in [9.17, 15) is 4.79 Å². The van der Waals surface area contributed by atoms with E-state index in [1.54, 1.807) is 11.8 Å². The molecule has 0 saturated heterocycles. The molecule has 0 aliphatic carbocycles. The molecule has 1 aromatic carbocycles. The summed E-state index contributed by atoms with van der Waals surface area (Å²) in [5.41, 5.74) is 6.29. The number of anilines is 1. The van der Waals surface area contributed by atoms with Gasteiger partial charge in [-0.3, -0.25) is 4.79 Å². The smallest absolute Gasteiger partial charge is 0.252 e. The van der Waals surface area contributed by atoms with Crippen LogP contribution in [0.15, 0.2) is 29.2 Å². The highest BCUT2D eigenvalue weighted by atomic mass is 32.2. The fraction of sp³-hybridized carbons (Fsp3) is 0.400. The summed E-state index contributed by atoms with van der Waals surface area (Å²) in [5.74, 6) is 0.999. The average Bonchev–Trinajstić information content (AvgIpc) is 2.95. The molecule has 7 heteroatoms. The summed E-state index contributed by atoms with van der Waals surface area (Å²) >= 11 is 3.12. The number of thioether (sulfide) groups is 1. The minimum absolute atomic E-state index is 0.0176. The first kappa shape index (κ1) is 16.8. The van der Waals surface area contributed by atoms with Gasteiger partial charge >= 0.3 is 0 Å². The number of hydrogen-bond acceptors (Lipinski definition) is 6. The molecule has 2 rings (SSSR count). The maximum atomic E-state index is 12.3. The van der Waals surface area contributed by atoms with Crippen molar-refractivity contribution >= 4 is 34.1 Å². The van der Waals surface area contributed by atoms with E-state index < -0.39 is 0 Å². The second-order valence-electron chi connectivity index (χ2n) is 4.74. The Labute approximate surface area is 138 Å². The van der Waals surface area contributed by atoms with Gasteiger partial charge in [0.25, 0.3) is 5.91 Å². The van der Waals surface area contributed by atoms with Crippen LogP contribution in [0.3, 0.4) is 0 Å². The lowest BCUT2D eigenvalue weighted by molar-refractivity contribution is 0.0950. The van der Waals surface area contributed by atoms with Crippen LogP contribution in [0.5, 0.6) is 0 Å². The van der Waals surface area contributed by atoms with E-state index in [1.165, 1.54) is 11.3 Å². The van der Waals surface area contributed by atoms with Crippen molar-refractivity contribution in [2.45, 2.75) is 31.1 Å². The maximum Gasteiger partial charge on any atom is 0.252 e. The van der Waals surface area contributed by atoms with Gasteiger partial charge in [-0.05, 0) is 30.7 Å². The number of aromatic nitrogens is 2. The van der Waals surface area contributed by atoms with Gasteiger partial charge in [-0.2, -0.15) is 0 Å². The monoisotopic (exact) mass is 336 g/mol. The Kier molecular flexibility index (Phi) is 6.67. The standard InChI is InChI=1S/C15H20N4OS2/c1-2-10-21-12-7-4-3-6-11(12)14(20)17-9-5-8-13-18-19-15(16)22-13/h3-4,6-7H,2,5,8-10H2,1H3,(H2,16,19)(H,17,20). The first-order valence-electron chi connectivity index (χ1n) is 7.28. The zero-order valence-electron chi connectivity index (χ0n) is 12.5. The van der Waals surface area contributed by atoms with Gasteiger partial charge in [0.2, 0.25) is 5.13 Å². The topological polar surface area (TPSA) is 80.9 Å². The van der Waals surface area contributed by atoms with Crippen molar-refractivity contribution in [3.05, 3.63) is 34.8 Å². The number of benzene rings is 1. The van der Waals surface area contributed by atoms with Crippen LogP contribution in [0.25, 0.3) is 0 Å². The second kappa shape index (κ2) is 8.75. The number of nitrogen functional groups attached to an aromatic ring is 1. The van der Waals surface area contributed by atoms with Gasteiger partial charge < -0.3 is 11.1 Å². The van der Waals surface area contributed by atoms with Crippen LogP contribution in [0.1, 0.15) is 35.1 Å². The van der Waals surface area contributed by atoms with E-state index in [-0.39, 0.29) is 5.91 Å². The molecule has 1 heterocycles. The molecule has 0 spiro atoms. The third kappa shape index (κ3) is 4.99. The molecule has 118 valence electrons. The first-order valence-corrected chi connectivity index (χ1v) is 9.08. The number of rotatable bonds is 8. The summed E-state index contributed by atoms with van der Waals surface area (Å²) < 4.78 is 0. The summed E-state index contributed by atoms with van der Waals surface area (Å²) in [6.07, 6.45) is 2.69. The molecule has 0 atom stereocenters. The summed E-state index contributed by atoms with van der Waals surface area (Å²) in [7, 11) is 0. The molecular weight excluding hydrogens is 316 g/mol. The van der Waals surface area contributed by atoms with E-state index >= 15 is 0 Å². The van der Waals surface area contributed by atoms with Crippen molar-refractivity contribution in [1.29, 1.82) is 0 Å². The molecule has 22 heavy (non-hydrogen) atoms. The minimum atomic E-state index is -0.0176. The van der Waals surface area contributed by atoms with E-state index in [1.807, 2.05) is 24.3 Å². The lowest BCUT2D eigenvalue weighted by Crippen LogP contribution is -2.25. The van der Waals surface area contributed by atoms with E-state index in [0.717, 1.165) is 40.5 Å². The lowest BCUT2D eigenvalue weighted by Gasteiger charge is -2.09. The number of nitrogens with two attached hydrogens (primary N) is 1. The van der Waals surface area contributed by atoms with Crippen LogP contribution in [0, 0.1) is 0 Å². The first-order chi connectivity index (χ1) is 10.7. The summed E-state index contributed by atoms with van der Waals surface area (Å²) in [6, 6.07) is 7.74. The molecule has 0 radical (unpaired) electrons. The van der Waals surface area contributed by atoms with Gasteiger partial charge in [-0.25, -0.2) is 0 Å². The van der Waals surface area contributed by atoms with Gasteiger partial charge in [0.15, 0.2) is 0 Å². The SMILES string of the molecule is CCCSc1ccccc1C(=O)NCCCc1nnc(N)s1. The molecular formula is C15H20N4OS2. The Morgan fingerprint density at radius 3 is 2.91 bits per heavy atom. The zero-order valence-corrected chi connectivity index (χ0v) is 14.2. The highest BCUT2D eigenvalue weighted by Crippen LogP contribution is 2.23. The lowest BCUT2D eigenvalue weighted by atomic mass is 10.2. The van der Waals surface area contributed by atoms with Crippen molar-refractivity contribution < 1.29 is 4.79 Å². The number of hydrogen-bond donors (Lipinski definition) is 2. The van der Waals surface area contributed by atoms with Crippen LogP contribution in [-0.4, -0.2) is 28.4 Å². The molecule has 0 aliphatic heterocycles. The minimum Gasteiger partial charge on any atom is -0.374 e. The van der Waals surface area contributed by atoms with Crippen LogP contribution >= 0.6 is 23.1 Å². The normalized spacial score (nSPS) is 10.6. The van der Waals surface area contributed by atoms with Crippen molar-refractivity contribution in [2.24, 2.45) is 0 Å². The van der Waals surface area contributed by atoms with Gasteiger partial charge in [0, 0.05) is 17.9 Å². The van der Waals surface area contributed by atoms with E-state index in [4.69, 9.17) is 5.73 Å². The molecule has 1 aromatic heterocycles. The third-order valence-corrected chi connectivity index (χ3v) is 5.02. The van der Waals surface area contributed by atoms with Crippen LogP contribution in [-0.2, 0) is 6.42 Å². The fourth-order valence-electron chi connectivity index (χ4n) is 1.90. The van der Waals surface area contributed by atoms with Crippen molar-refractivity contribution in [2.75, 3.05) is 18.0 Å². The molecule has 0 aliphatic rings. The van der Waals surface area contributed by atoms with Gasteiger partial charge in [-0.15, -0.1) is 22.0 Å². The largest absolute Gasteiger partial charge is 0.374 e. The van der Waals surface area contributed by atoms with Gasteiger partial charge in [0.1, 0.15) is 5.01 Å². The van der Waals surface area contributed by atoms with Crippen molar-refractivity contribution in [1.82, 2.24) is 15.5 Å². The van der Waals surface area contributed by atoms with Crippen LogP contribution < -0.4 is 11.1 Å². The summed E-state index contributed by atoms with van der Waals surface area (Å²) in [6.45, 7) is 2.75. The van der Waals surface area contributed by atoms with Crippen LogP contribution in [0.2, 0.25) is 0 Å². The summed E-state index contributed by atoms with van der Waals surface area (Å²) in [5, 5.41) is 12.1. The molecule has 2 aromatic rings. The summed E-state index contributed by atoms with van der Waals surface area (Å²) in [4.78, 5) is 13.3. The Morgan fingerprint density at radius 2 is 2.18 bits per heavy atom. The average molecular weight is 336 g/mol. The van der Waals surface area contributed by atoms with E-state index in [0.29, 0.717) is 11.7 Å². The molecule has 3 N–H and O–H groups in total. The highest BCUT2D eigenvalue weighted by molar-refractivity contribution is 7.99. The number of aryl methyl sites for hydroxylation is 1. The number of carbonyl (C=O) groups is 1. The van der Waals surface area contributed by atoms with Crippen molar-refractivity contribution in [3.63, 3.8) is 0 Å². The molecule has 1 amide bonds. The number of nitrogens with zero attached hydrogens (tertiary/aromatic N) is 2. The molecule has 0 fully saturated rings. The molecule has 5 nitrogen and oxygen atoms in total. The zero-order chi connectivity index (χ0) is 15.8. The van der Waals surface area contributed by atoms with Gasteiger partial charge in [-0.1, -0.05) is 30.4 Å². The molecule has 0 saturated carbocycles. The molecule has 0 unspecified atom stereocenters. The highest BCUT2D eigenvalue weighted by Gasteiger charge is 2.10. The fourth-order valence-corrected chi connectivity index (χ4v) is 3.46. The Hall–Kier alpha value is -1.60.